The smallest absolute Gasteiger partial charge is 0.322 e. The molecule has 1 fully saturated rings. The van der Waals surface area contributed by atoms with Gasteiger partial charge in [0.1, 0.15) is 0 Å². The second kappa shape index (κ2) is 7.45. The van der Waals surface area contributed by atoms with Gasteiger partial charge in [-0.3, -0.25) is 4.79 Å². The van der Waals surface area contributed by atoms with Crippen molar-refractivity contribution < 1.29 is 14.4 Å². The van der Waals surface area contributed by atoms with E-state index in [1.807, 2.05) is 6.07 Å². The quantitative estimate of drug-likeness (QED) is 0.602. The van der Waals surface area contributed by atoms with E-state index in [9.17, 15) is 9.59 Å². The first kappa shape index (κ1) is 16.5. The van der Waals surface area contributed by atoms with Crippen molar-refractivity contribution in [2.24, 2.45) is 0 Å². The van der Waals surface area contributed by atoms with Gasteiger partial charge in [0, 0.05) is 35.7 Å². The molecule has 1 aromatic carbocycles. The third-order valence-electron chi connectivity index (χ3n) is 3.66. The number of aldehydes is 1. The molecule has 6 heteroatoms. The van der Waals surface area contributed by atoms with Crippen molar-refractivity contribution in [2.45, 2.75) is 19.3 Å². The summed E-state index contributed by atoms with van der Waals surface area (Å²) >= 11 is 3.32. The van der Waals surface area contributed by atoms with E-state index in [1.165, 1.54) is 5.06 Å². The van der Waals surface area contributed by atoms with E-state index >= 15 is 0 Å². The van der Waals surface area contributed by atoms with E-state index in [1.54, 1.807) is 24.1 Å². The van der Waals surface area contributed by atoms with Gasteiger partial charge in [0.25, 0.3) is 0 Å². The lowest BCUT2D eigenvalue weighted by molar-refractivity contribution is -0.0456. The summed E-state index contributed by atoms with van der Waals surface area (Å²) in [7, 11) is 1.61. The SMILES string of the molecule is C=C(c1ccc(Br)cc1C=O)N(C)OC(=O)N1CCCCC1. The number of rotatable bonds is 4. The average molecular weight is 367 g/mol. The number of hydrogen-bond donors (Lipinski definition) is 0. The lowest BCUT2D eigenvalue weighted by Crippen LogP contribution is -2.38. The Morgan fingerprint density at radius 1 is 1.36 bits per heavy atom. The van der Waals surface area contributed by atoms with Gasteiger partial charge in [-0.15, -0.1) is 0 Å². The number of carbonyl (C=O) groups excluding carboxylic acids is 2. The molecule has 22 heavy (non-hydrogen) atoms. The predicted octanol–water partition coefficient (Wildman–Crippen LogP) is 3.70. The molecular formula is C16H19BrN2O3. The molecule has 1 amide bonds. The Hall–Kier alpha value is -1.82. The van der Waals surface area contributed by atoms with Crippen LogP contribution in [0.3, 0.4) is 0 Å². The fraction of sp³-hybridized carbons (Fsp3) is 0.375. The minimum absolute atomic E-state index is 0.381. The molecule has 1 aliphatic rings. The van der Waals surface area contributed by atoms with Crippen LogP contribution < -0.4 is 0 Å². The summed E-state index contributed by atoms with van der Waals surface area (Å²) in [5.74, 6) is 0. The number of likely N-dealkylation sites (tertiary alicyclic amines) is 1. The lowest BCUT2D eigenvalue weighted by atomic mass is 10.1. The molecule has 0 spiro atoms. The van der Waals surface area contributed by atoms with Gasteiger partial charge in [0.15, 0.2) is 6.29 Å². The number of halogens is 1. The average Bonchev–Trinajstić information content (AvgIpc) is 2.54. The minimum Gasteiger partial charge on any atom is -0.322 e. The van der Waals surface area contributed by atoms with Crippen LogP contribution in [0.4, 0.5) is 4.79 Å². The maximum absolute atomic E-state index is 12.1. The standard InChI is InChI=1S/C16H19BrN2O3/c1-12(15-7-6-14(17)10-13(15)11-20)18(2)22-16(21)19-8-4-3-5-9-19/h6-7,10-11H,1,3-5,8-9H2,2H3. The third-order valence-corrected chi connectivity index (χ3v) is 4.15. The highest BCUT2D eigenvalue weighted by atomic mass is 79.9. The molecule has 1 aliphatic heterocycles. The first-order valence-electron chi connectivity index (χ1n) is 7.17. The number of piperidine rings is 1. The maximum atomic E-state index is 12.1. The van der Waals surface area contributed by atoms with Crippen LogP contribution in [0.2, 0.25) is 0 Å². The molecule has 0 saturated carbocycles. The zero-order valence-corrected chi connectivity index (χ0v) is 14.1. The second-order valence-corrected chi connectivity index (χ2v) is 6.11. The molecule has 0 aliphatic carbocycles. The highest BCUT2D eigenvalue weighted by Gasteiger charge is 2.21. The molecule has 118 valence electrons. The van der Waals surface area contributed by atoms with Gasteiger partial charge < -0.3 is 9.74 Å². The van der Waals surface area contributed by atoms with Crippen molar-refractivity contribution in [3.63, 3.8) is 0 Å². The van der Waals surface area contributed by atoms with Gasteiger partial charge in [-0.1, -0.05) is 28.6 Å². The molecule has 1 aromatic rings. The molecule has 1 saturated heterocycles. The van der Waals surface area contributed by atoms with Crippen molar-refractivity contribution >= 4 is 34.0 Å². The normalized spacial score (nSPS) is 14.4. The second-order valence-electron chi connectivity index (χ2n) is 5.20. The van der Waals surface area contributed by atoms with E-state index in [4.69, 9.17) is 4.84 Å². The zero-order valence-electron chi connectivity index (χ0n) is 12.5. The molecule has 0 bridgehead atoms. The Morgan fingerprint density at radius 2 is 2.05 bits per heavy atom. The summed E-state index contributed by atoms with van der Waals surface area (Å²) in [6.45, 7) is 5.36. The Balaban J connectivity index is 2.05. The summed E-state index contributed by atoms with van der Waals surface area (Å²) < 4.78 is 0.805. The lowest BCUT2D eigenvalue weighted by Gasteiger charge is -2.29. The molecule has 0 radical (unpaired) electrons. The van der Waals surface area contributed by atoms with Gasteiger partial charge >= 0.3 is 6.09 Å². The summed E-state index contributed by atoms with van der Waals surface area (Å²) in [6, 6.07) is 5.28. The number of carbonyl (C=O) groups is 2. The predicted molar refractivity (Wildman–Crippen MR) is 88.2 cm³/mol. The molecule has 1 heterocycles. The van der Waals surface area contributed by atoms with Gasteiger partial charge in [-0.25, -0.2) is 9.86 Å². The van der Waals surface area contributed by atoms with Crippen LogP contribution in [-0.2, 0) is 4.84 Å². The topological polar surface area (TPSA) is 49.9 Å². The van der Waals surface area contributed by atoms with Crippen molar-refractivity contribution in [3.8, 4) is 0 Å². The summed E-state index contributed by atoms with van der Waals surface area (Å²) in [5.41, 5.74) is 1.58. The van der Waals surface area contributed by atoms with Crippen LogP contribution in [0, 0.1) is 0 Å². The van der Waals surface area contributed by atoms with Crippen LogP contribution >= 0.6 is 15.9 Å². The number of amides is 1. The molecule has 2 rings (SSSR count). The Kier molecular flexibility index (Phi) is 5.60. The van der Waals surface area contributed by atoms with Crippen LogP contribution in [0.1, 0.15) is 35.2 Å². The van der Waals surface area contributed by atoms with E-state index in [0.717, 1.165) is 43.1 Å². The van der Waals surface area contributed by atoms with Crippen LogP contribution in [0.15, 0.2) is 29.3 Å². The van der Waals surface area contributed by atoms with Gasteiger partial charge in [0.05, 0.1) is 5.70 Å². The largest absolute Gasteiger partial charge is 0.434 e. The number of hydrogen-bond acceptors (Lipinski definition) is 4. The number of benzene rings is 1. The van der Waals surface area contributed by atoms with E-state index < -0.39 is 0 Å². The minimum atomic E-state index is -0.381. The third kappa shape index (κ3) is 3.88. The van der Waals surface area contributed by atoms with Gasteiger partial charge in [0.2, 0.25) is 0 Å². The fourth-order valence-corrected chi connectivity index (χ4v) is 2.75. The molecule has 0 N–H and O–H groups in total. The highest BCUT2D eigenvalue weighted by molar-refractivity contribution is 9.10. The zero-order chi connectivity index (χ0) is 16.1. The fourth-order valence-electron chi connectivity index (χ4n) is 2.37. The van der Waals surface area contributed by atoms with Crippen molar-refractivity contribution in [3.05, 3.63) is 40.4 Å². The molecular weight excluding hydrogens is 348 g/mol. The highest BCUT2D eigenvalue weighted by Crippen LogP contribution is 2.23. The van der Waals surface area contributed by atoms with Gasteiger partial charge in [-0.05, 0) is 31.4 Å². The van der Waals surface area contributed by atoms with E-state index in [2.05, 4.69) is 22.5 Å². The van der Waals surface area contributed by atoms with Crippen LogP contribution in [0.5, 0.6) is 0 Å². The Bertz CT molecular complexity index is 583. The molecule has 0 atom stereocenters. The first-order valence-corrected chi connectivity index (χ1v) is 7.97. The van der Waals surface area contributed by atoms with Crippen molar-refractivity contribution in [1.82, 2.24) is 9.96 Å². The molecule has 0 aromatic heterocycles. The summed E-state index contributed by atoms with van der Waals surface area (Å²) in [6.07, 6.45) is 3.52. The van der Waals surface area contributed by atoms with Crippen molar-refractivity contribution in [1.29, 1.82) is 0 Å². The van der Waals surface area contributed by atoms with Crippen molar-refractivity contribution in [2.75, 3.05) is 20.1 Å². The monoisotopic (exact) mass is 366 g/mol. The van der Waals surface area contributed by atoms with E-state index in [-0.39, 0.29) is 6.09 Å². The summed E-state index contributed by atoms with van der Waals surface area (Å²) in [4.78, 5) is 30.3. The number of hydroxylamine groups is 2. The van der Waals surface area contributed by atoms with Crippen LogP contribution in [0.25, 0.3) is 5.70 Å². The Labute approximate surface area is 138 Å². The number of nitrogens with zero attached hydrogens (tertiary/aromatic N) is 2. The molecule has 0 unspecified atom stereocenters. The molecule has 5 nitrogen and oxygen atoms in total. The maximum Gasteiger partial charge on any atom is 0.434 e. The van der Waals surface area contributed by atoms with Crippen LogP contribution in [-0.4, -0.2) is 42.5 Å². The summed E-state index contributed by atoms with van der Waals surface area (Å²) in [5, 5.41) is 1.31. The van der Waals surface area contributed by atoms with Gasteiger partial charge in [-0.2, -0.15) is 0 Å². The Morgan fingerprint density at radius 3 is 2.68 bits per heavy atom. The van der Waals surface area contributed by atoms with E-state index in [0.29, 0.717) is 16.8 Å². The first-order chi connectivity index (χ1) is 10.5.